The molecule has 0 atom stereocenters. The topological polar surface area (TPSA) is 4.36 Å². The van der Waals surface area contributed by atoms with E-state index in [1.807, 2.05) is 12.1 Å². The van der Waals surface area contributed by atoms with E-state index in [2.05, 4.69) is 11.4 Å². The molecule has 1 aromatic rings. The van der Waals surface area contributed by atoms with Gasteiger partial charge in [-0.15, -0.1) is 6.58 Å². The smallest absolute Gasteiger partial charge is 0.205 e. The molecular formula is C10H8ClN. The van der Waals surface area contributed by atoms with Crippen molar-refractivity contribution < 1.29 is 0 Å². The number of hydrogen-bond acceptors (Lipinski definition) is 0. The summed E-state index contributed by atoms with van der Waals surface area (Å²) >= 11 is 5.82. The highest BCUT2D eigenvalue weighted by Gasteiger charge is 1.99. The minimum atomic E-state index is 0.504. The predicted octanol–water partition coefficient (Wildman–Crippen LogP) is 3.62. The second kappa shape index (κ2) is 3.94. The second-order valence-electron chi connectivity index (χ2n) is 2.39. The zero-order valence-electron chi connectivity index (χ0n) is 6.55. The fraction of sp³-hybridized carbons (Fsp3) is 0.100. The van der Waals surface area contributed by atoms with Gasteiger partial charge < -0.3 is 0 Å². The van der Waals surface area contributed by atoms with Crippen LogP contribution in [-0.2, 0) is 6.42 Å². The summed E-state index contributed by atoms with van der Waals surface area (Å²) in [6.45, 7) is 10.4. The molecule has 60 valence electrons. The largest absolute Gasteiger partial charge is 0.237 e. The van der Waals surface area contributed by atoms with Gasteiger partial charge in [-0.3, -0.25) is 0 Å². The second-order valence-corrected chi connectivity index (χ2v) is 2.80. The van der Waals surface area contributed by atoms with Crippen LogP contribution in [0.4, 0.5) is 5.69 Å². The van der Waals surface area contributed by atoms with Crippen molar-refractivity contribution >= 4 is 17.3 Å². The summed E-state index contributed by atoms with van der Waals surface area (Å²) in [6, 6.07) is 5.42. The van der Waals surface area contributed by atoms with Crippen LogP contribution in [0.25, 0.3) is 4.85 Å². The van der Waals surface area contributed by atoms with E-state index in [9.17, 15) is 0 Å². The van der Waals surface area contributed by atoms with Crippen LogP contribution in [-0.4, -0.2) is 0 Å². The minimum absolute atomic E-state index is 0.504. The first-order valence-electron chi connectivity index (χ1n) is 3.54. The molecule has 0 radical (unpaired) electrons. The van der Waals surface area contributed by atoms with Gasteiger partial charge in [0.25, 0.3) is 0 Å². The fourth-order valence-electron chi connectivity index (χ4n) is 0.935. The van der Waals surface area contributed by atoms with Crippen molar-refractivity contribution in [1.29, 1.82) is 0 Å². The van der Waals surface area contributed by atoms with E-state index < -0.39 is 0 Å². The molecule has 0 aliphatic heterocycles. The summed E-state index contributed by atoms with van der Waals surface area (Å²) in [4.78, 5) is 3.26. The number of rotatable bonds is 2. The van der Waals surface area contributed by atoms with Crippen molar-refractivity contribution in [2.45, 2.75) is 6.42 Å². The Balaban J connectivity index is 3.03. The van der Waals surface area contributed by atoms with Gasteiger partial charge in [0.15, 0.2) is 0 Å². The zero-order chi connectivity index (χ0) is 8.97. The Morgan fingerprint density at radius 1 is 1.58 bits per heavy atom. The summed E-state index contributed by atoms with van der Waals surface area (Å²) in [5, 5.41) is 0.518. The molecule has 12 heavy (non-hydrogen) atoms. The SMILES string of the molecule is [C-]#[N+]c1ccc(CC=C)cc1Cl. The van der Waals surface area contributed by atoms with Crippen molar-refractivity contribution in [2.24, 2.45) is 0 Å². The molecule has 0 spiro atoms. The quantitative estimate of drug-likeness (QED) is 0.480. The summed E-state index contributed by atoms with van der Waals surface area (Å²) in [5.74, 6) is 0. The minimum Gasteiger partial charge on any atom is -0.237 e. The first-order valence-corrected chi connectivity index (χ1v) is 3.92. The average molecular weight is 178 g/mol. The van der Waals surface area contributed by atoms with Gasteiger partial charge in [-0.05, 0) is 12.0 Å². The molecule has 0 aliphatic carbocycles. The Hall–Kier alpha value is -1.26. The molecule has 0 unspecified atom stereocenters. The predicted molar refractivity (Wildman–Crippen MR) is 51.6 cm³/mol. The summed E-state index contributed by atoms with van der Waals surface area (Å²) in [7, 11) is 0. The van der Waals surface area contributed by atoms with E-state index >= 15 is 0 Å². The molecule has 1 aromatic carbocycles. The van der Waals surface area contributed by atoms with Crippen LogP contribution in [0.5, 0.6) is 0 Å². The standard InChI is InChI=1S/C10H8ClN/c1-3-4-8-5-6-10(12-2)9(11)7-8/h3,5-7H,1,4H2. The molecule has 0 bridgehead atoms. The normalized spacial score (nSPS) is 9.00. The Morgan fingerprint density at radius 2 is 2.33 bits per heavy atom. The van der Waals surface area contributed by atoms with Gasteiger partial charge in [0.05, 0.1) is 6.57 Å². The van der Waals surface area contributed by atoms with Crippen LogP contribution in [0.3, 0.4) is 0 Å². The molecule has 0 aromatic heterocycles. The van der Waals surface area contributed by atoms with E-state index in [-0.39, 0.29) is 0 Å². The maximum absolute atomic E-state index is 6.78. The lowest BCUT2D eigenvalue weighted by atomic mass is 10.1. The zero-order valence-corrected chi connectivity index (χ0v) is 7.30. The highest BCUT2D eigenvalue weighted by Crippen LogP contribution is 2.25. The molecule has 0 fully saturated rings. The van der Waals surface area contributed by atoms with Crippen molar-refractivity contribution in [2.75, 3.05) is 0 Å². The van der Waals surface area contributed by atoms with Gasteiger partial charge in [0.1, 0.15) is 0 Å². The average Bonchev–Trinajstić information content (AvgIpc) is 2.05. The Bertz CT molecular complexity index is 336. The van der Waals surface area contributed by atoms with Gasteiger partial charge in [0, 0.05) is 5.02 Å². The van der Waals surface area contributed by atoms with Gasteiger partial charge in [-0.1, -0.05) is 35.9 Å². The van der Waals surface area contributed by atoms with Crippen molar-refractivity contribution in [3.8, 4) is 0 Å². The molecule has 0 saturated carbocycles. The van der Waals surface area contributed by atoms with Gasteiger partial charge >= 0.3 is 0 Å². The number of allylic oxidation sites excluding steroid dienone is 1. The maximum atomic E-state index is 6.78. The molecule has 0 saturated heterocycles. The van der Waals surface area contributed by atoms with Crippen LogP contribution in [0, 0.1) is 6.57 Å². The van der Waals surface area contributed by atoms with E-state index in [1.165, 1.54) is 0 Å². The number of halogens is 1. The lowest BCUT2D eigenvalue weighted by Crippen LogP contribution is -1.79. The van der Waals surface area contributed by atoms with Gasteiger partial charge in [0.2, 0.25) is 5.69 Å². The Labute approximate surface area is 77.1 Å². The highest BCUT2D eigenvalue weighted by atomic mass is 35.5. The van der Waals surface area contributed by atoms with E-state index in [4.69, 9.17) is 18.2 Å². The first-order chi connectivity index (χ1) is 5.77. The van der Waals surface area contributed by atoms with Gasteiger partial charge in [-0.25, -0.2) is 4.85 Å². The number of hydrogen-bond donors (Lipinski definition) is 0. The van der Waals surface area contributed by atoms with E-state index in [0.29, 0.717) is 10.7 Å². The fourth-order valence-corrected chi connectivity index (χ4v) is 1.18. The van der Waals surface area contributed by atoms with Gasteiger partial charge in [-0.2, -0.15) is 0 Å². The Morgan fingerprint density at radius 3 is 2.83 bits per heavy atom. The molecule has 1 nitrogen and oxygen atoms in total. The number of benzene rings is 1. The Kier molecular flexibility index (Phi) is 2.90. The molecular weight excluding hydrogens is 170 g/mol. The molecule has 0 N–H and O–H groups in total. The van der Waals surface area contributed by atoms with Crippen molar-refractivity contribution in [1.82, 2.24) is 0 Å². The number of nitrogens with zero attached hydrogens (tertiary/aromatic N) is 1. The highest BCUT2D eigenvalue weighted by molar-refractivity contribution is 6.33. The molecule has 2 heteroatoms. The van der Waals surface area contributed by atoms with E-state index in [1.54, 1.807) is 12.1 Å². The summed E-state index contributed by atoms with van der Waals surface area (Å²) < 4.78 is 0. The molecule has 0 aliphatic rings. The molecule has 1 rings (SSSR count). The lowest BCUT2D eigenvalue weighted by molar-refractivity contribution is 1.28. The third-order valence-electron chi connectivity index (χ3n) is 1.51. The van der Waals surface area contributed by atoms with E-state index in [0.717, 1.165) is 12.0 Å². The maximum Gasteiger partial charge on any atom is 0.205 e. The van der Waals surface area contributed by atoms with Crippen LogP contribution in [0.2, 0.25) is 5.02 Å². The summed E-state index contributed by atoms with van der Waals surface area (Å²) in [5.41, 5.74) is 1.59. The van der Waals surface area contributed by atoms with Crippen molar-refractivity contribution in [3.05, 3.63) is 52.9 Å². The van der Waals surface area contributed by atoms with Crippen LogP contribution < -0.4 is 0 Å². The van der Waals surface area contributed by atoms with Crippen LogP contribution in [0.1, 0.15) is 5.56 Å². The monoisotopic (exact) mass is 177 g/mol. The first kappa shape index (κ1) is 8.83. The third-order valence-corrected chi connectivity index (χ3v) is 1.82. The lowest BCUT2D eigenvalue weighted by Gasteiger charge is -1.98. The molecule has 0 heterocycles. The third kappa shape index (κ3) is 1.87. The molecule has 0 amide bonds. The van der Waals surface area contributed by atoms with Crippen LogP contribution in [0.15, 0.2) is 30.9 Å². The summed E-state index contributed by atoms with van der Waals surface area (Å²) in [6.07, 6.45) is 2.60. The van der Waals surface area contributed by atoms with Crippen molar-refractivity contribution in [3.63, 3.8) is 0 Å². The van der Waals surface area contributed by atoms with Crippen LogP contribution >= 0.6 is 11.6 Å².